The molecule has 1 amide bonds. The highest BCUT2D eigenvalue weighted by Gasteiger charge is 2.29. The summed E-state index contributed by atoms with van der Waals surface area (Å²) in [5.41, 5.74) is 2.05. The van der Waals surface area contributed by atoms with E-state index in [2.05, 4.69) is 20.9 Å². The molecule has 2 aromatic carbocycles. The van der Waals surface area contributed by atoms with Crippen LogP contribution in [0.15, 0.2) is 53.5 Å². The van der Waals surface area contributed by atoms with E-state index in [1.54, 1.807) is 0 Å². The monoisotopic (exact) mass is 548 g/mol. The minimum atomic E-state index is -4.32. The van der Waals surface area contributed by atoms with Crippen molar-refractivity contribution in [3.63, 3.8) is 0 Å². The molecule has 31 heavy (non-hydrogen) atoms. The van der Waals surface area contributed by atoms with Crippen molar-refractivity contribution in [1.82, 2.24) is 10.6 Å². The van der Waals surface area contributed by atoms with Gasteiger partial charge in [-0.1, -0.05) is 24.3 Å². The van der Waals surface area contributed by atoms with E-state index in [0.29, 0.717) is 32.0 Å². The van der Waals surface area contributed by atoms with Crippen molar-refractivity contribution in [2.45, 2.75) is 32.9 Å². The number of nitrogens with zero attached hydrogens (tertiary/aromatic N) is 1. The molecule has 0 aliphatic carbocycles. The van der Waals surface area contributed by atoms with Crippen molar-refractivity contribution in [3.05, 3.63) is 65.2 Å². The summed E-state index contributed by atoms with van der Waals surface area (Å²) in [7, 11) is 0. The number of rotatable bonds is 8. The Balaban J connectivity index is 0.00000480. The molecule has 3 N–H and O–H groups in total. The number of hydrogen-bond donors (Lipinski definition) is 3. The molecular formula is C22H28F3IN4O. The van der Waals surface area contributed by atoms with Gasteiger partial charge >= 0.3 is 6.18 Å². The van der Waals surface area contributed by atoms with Crippen LogP contribution in [0.25, 0.3) is 0 Å². The molecule has 0 atom stereocenters. The molecule has 0 spiro atoms. The third-order valence-electron chi connectivity index (χ3n) is 4.28. The van der Waals surface area contributed by atoms with Crippen molar-refractivity contribution in [2.24, 2.45) is 4.99 Å². The van der Waals surface area contributed by atoms with Gasteiger partial charge in [-0.3, -0.25) is 9.79 Å². The van der Waals surface area contributed by atoms with Crippen molar-refractivity contribution < 1.29 is 18.0 Å². The minimum absolute atomic E-state index is 0. The van der Waals surface area contributed by atoms with Gasteiger partial charge in [-0.05, 0) is 55.2 Å². The topological polar surface area (TPSA) is 65.5 Å². The predicted molar refractivity (Wildman–Crippen MR) is 129 cm³/mol. The van der Waals surface area contributed by atoms with Gasteiger partial charge in [0, 0.05) is 32.2 Å². The molecular weight excluding hydrogens is 520 g/mol. The van der Waals surface area contributed by atoms with Crippen LogP contribution in [0.4, 0.5) is 18.9 Å². The number of carbonyl (C=O) groups is 1. The summed E-state index contributed by atoms with van der Waals surface area (Å²) < 4.78 is 37.9. The van der Waals surface area contributed by atoms with Crippen LogP contribution in [0.5, 0.6) is 0 Å². The van der Waals surface area contributed by atoms with Crippen LogP contribution in [0.1, 0.15) is 30.5 Å². The number of guanidine groups is 1. The first-order chi connectivity index (χ1) is 14.3. The lowest BCUT2D eigenvalue weighted by atomic mass is 10.1. The average Bonchev–Trinajstić information content (AvgIpc) is 2.68. The Hall–Kier alpha value is -2.30. The number of alkyl halides is 3. The Bertz CT molecular complexity index is 837. The zero-order valence-electron chi connectivity index (χ0n) is 17.6. The highest BCUT2D eigenvalue weighted by Crippen LogP contribution is 2.29. The van der Waals surface area contributed by atoms with Gasteiger partial charge in [0.1, 0.15) is 0 Å². The number of aliphatic imine (C=N–C) groups is 1. The molecule has 0 unspecified atom stereocenters. The summed E-state index contributed by atoms with van der Waals surface area (Å²) in [6, 6.07) is 12.8. The number of nitrogens with one attached hydrogen (secondary N) is 3. The van der Waals surface area contributed by atoms with Gasteiger partial charge in [0.25, 0.3) is 0 Å². The van der Waals surface area contributed by atoms with Crippen LogP contribution in [-0.2, 0) is 23.8 Å². The van der Waals surface area contributed by atoms with E-state index in [9.17, 15) is 18.0 Å². The highest BCUT2D eigenvalue weighted by atomic mass is 127. The number of carbonyl (C=O) groups excluding carboxylic acids is 1. The van der Waals surface area contributed by atoms with E-state index >= 15 is 0 Å². The number of amides is 1. The van der Waals surface area contributed by atoms with Crippen molar-refractivity contribution >= 4 is 41.5 Å². The molecule has 0 saturated carbocycles. The smallest absolute Gasteiger partial charge is 0.357 e. The summed E-state index contributed by atoms with van der Waals surface area (Å²) in [6.07, 6.45) is -2.98. The molecule has 0 heterocycles. The van der Waals surface area contributed by atoms with E-state index in [1.807, 2.05) is 31.2 Å². The largest absolute Gasteiger partial charge is 0.416 e. The third kappa shape index (κ3) is 10.0. The van der Waals surface area contributed by atoms with E-state index in [0.717, 1.165) is 35.4 Å². The first kappa shape index (κ1) is 26.7. The van der Waals surface area contributed by atoms with Crippen molar-refractivity contribution in [3.8, 4) is 0 Å². The molecule has 0 aromatic heterocycles. The zero-order chi connectivity index (χ0) is 22.0. The molecule has 0 saturated heterocycles. The zero-order valence-corrected chi connectivity index (χ0v) is 19.9. The highest BCUT2D eigenvalue weighted by molar-refractivity contribution is 14.0. The predicted octanol–water partition coefficient (Wildman–Crippen LogP) is 4.62. The van der Waals surface area contributed by atoms with E-state index < -0.39 is 11.7 Å². The molecule has 0 aliphatic rings. The molecule has 2 rings (SSSR count). The Morgan fingerprint density at radius 2 is 1.52 bits per heavy atom. The normalized spacial score (nSPS) is 11.5. The number of benzene rings is 2. The van der Waals surface area contributed by atoms with Gasteiger partial charge in [0.05, 0.1) is 5.56 Å². The Labute approximate surface area is 197 Å². The standard InChI is InChI=1S/C22H27F3N4O.HI/c1-3-26-21(27-14-12-17-4-8-19(9-5-17)22(23,24)25)28-15-13-18-6-10-20(11-7-18)29-16(2)30;/h4-11H,3,12-15H2,1-2H3,(H,29,30)(H2,26,27,28);1H. The lowest BCUT2D eigenvalue weighted by Gasteiger charge is -2.12. The fraction of sp³-hybridized carbons (Fsp3) is 0.364. The number of hydrogen-bond acceptors (Lipinski definition) is 2. The maximum absolute atomic E-state index is 12.6. The van der Waals surface area contributed by atoms with Gasteiger partial charge in [-0.15, -0.1) is 24.0 Å². The minimum Gasteiger partial charge on any atom is -0.357 e. The molecule has 170 valence electrons. The summed E-state index contributed by atoms with van der Waals surface area (Å²) >= 11 is 0. The Morgan fingerprint density at radius 1 is 0.935 bits per heavy atom. The first-order valence-electron chi connectivity index (χ1n) is 9.82. The van der Waals surface area contributed by atoms with Crippen molar-refractivity contribution in [2.75, 3.05) is 25.0 Å². The van der Waals surface area contributed by atoms with Crippen LogP contribution >= 0.6 is 24.0 Å². The summed E-state index contributed by atoms with van der Waals surface area (Å²) in [5.74, 6) is 0.562. The Kier molecular flexibility index (Phi) is 11.4. The number of anilines is 1. The fourth-order valence-corrected chi connectivity index (χ4v) is 2.78. The van der Waals surface area contributed by atoms with Crippen molar-refractivity contribution in [1.29, 1.82) is 0 Å². The van der Waals surface area contributed by atoms with Gasteiger partial charge in [-0.25, -0.2) is 0 Å². The van der Waals surface area contributed by atoms with Crippen LogP contribution in [0.3, 0.4) is 0 Å². The second-order valence-corrected chi connectivity index (χ2v) is 6.76. The second kappa shape index (κ2) is 13.2. The van der Waals surface area contributed by atoms with Crippen LogP contribution < -0.4 is 16.0 Å². The maximum atomic E-state index is 12.6. The summed E-state index contributed by atoms with van der Waals surface area (Å²) in [5, 5.41) is 9.14. The fourth-order valence-electron chi connectivity index (χ4n) is 2.78. The van der Waals surface area contributed by atoms with E-state index in [-0.39, 0.29) is 29.9 Å². The molecule has 0 radical (unpaired) electrons. The summed E-state index contributed by atoms with van der Waals surface area (Å²) in [6.45, 7) is 5.28. The lowest BCUT2D eigenvalue weighted by molar-refractivity contribution is -0.137. The molecule has 0 aliphatic heterocycles. The molecule has 2 aromatic rings. The number of halogens is 4. The maximum Gasteiger partial charge on any atom is 0.416 e. The SMILES string of the molecule is CCNC(=NCCc1ccc(C(F)(F)F)cc1)NCCc1ccc(NC(C)=O)cc1.I. The van der Waals surface area contributed by atoms with Crippen LogP contribution in [0.2, 0.25) is 0 Å². The Morgan fingerprint density at radius 3 is 2.06 bits per heavy atom. The van der Waals surface area contributed by atoms with E-state index in [4.69, 9.17) is 0 Å². The average molecular weight is 548 g/mol. The molecule has 5 nitrogen and oxygen atoms in total. The van der Waals surface area contributed by atoms with E-state index in [1.165, 1.54) is 19.1 Å². The quantitative estimate of drug-likeness (QED) is 0.256. The van der Waals surface area contributed by atoms with Crippen LogP contribution in [-0.4, -0.2) is 31.5 Å². The van der Waals surface area contributed by atoms with Gasteiger partial charge in [0.2, 0.25) is 5.91 Å². The lowest BCUT2D eigenvalue weighted by Crippen LogP contribution is -2.38. The van der Waals surface area contributed by atoms with Gasteiger partial charge in [-0.2, -0.15) is 13.2 Å². The van der Waals surface area contributed by atoms with Gasteiger partial charge in [0.15, 0.2) is 5.96 Å². The van der Waals surface area contributed by atoms with Crippen LogP contribution in [0, 0.1) is 0 Å². The molecule has 0 fully saturated rings. The third-order valence-corrected chi connectivity index (χ3v) is 4.28. The first-order valence-corrected chi connectivity index (χ1v) is 9.82. The summed E-state index contributed by atoms with van der Waals surface area (Å²) in [4.78, 5) is 15.5. The second-order valence-electron chi connectivity index (χ2n) is 6.76. The van der Waals surface area contributed by atoms with Gasteiger partial charge < -0.3 is 16.0 Å². The molecule has 0 bridgehead atoms. The molecule has 9 heteroatoms.